The predicted molar refractivity (Wildman–Crippen MR) is 39.1 cm³/mol. The number of carbonyl (C=O) groups is 1. The van der Waals surface area contributed by atoms with E-state index in [1.54, 1.807) is 12.0 Å². The van der Waals surface area contributed by atoms with Crippen molar-refractivity contribution in [2.24, 2.45) is 0 Å². The van der Waals surface area contributed by atoms with E-state index in [2.05, 4.69) is 0 Å². The average molecular weight is 159 g/mol. The lowest BCUT2D eigenvalue weighted by Gasteiger charge is -2.13. The normalized spacial score (nSPS) is 24.2. The highest BCUT2D eigenvalue weighted by Gasteiger charge is 2.24. The minimum atomic E-state index is -0.392. The van der Waals surface area contributed by atoms with Crippen molar-refractivity contribution < 1.29 is 14.6 Å². The first kappa shape index (κ1) is 8.49. The van der Waals surface area contributed by atoms with Gasteiger partial charge in [0.05, 0.1) is 6.10 Å². The molecule has 4 heteroatoms. The number of ether oxygens (including phenoxy) is 1. The summed E-state index contributed by atoms with van der Waals surface area (Å²) in [5, 5.41) is 8.52. The van der Waals surface area contributed by atoms with Gasteiger partial charge in [-0.25, -0.2) is 0 Å². The number of nitrogens with zero attached hydrogens (tertiary/aromatic N) is 1. The quantitative estimate of drug-likeness (QED) is 0.575. The molecule has 4 nitrogen and oxygen atoms in total. The van der Waals surface area contributed by atoms with Crippen molar-refractivity contribution in [3.63, 3.8) is 0 Å². The number of rotatable bonds is 2. The smallest absolute Gasteiger partial charge is 0.248 e. The van der Waals surface area contributed by atoms with Crippen LogP contribution in [0.5, 0.6) is 0 Å². The van der Waals surface area contributed by atoms with Crippen molar-refractivity contribution in [3.8, 4) is 0 Å². The van der Waals surface area contributed by atoms with Crippen LogP contribution in [0.15, 0.2) is 0 Å². The van der Waals surface area contributed by atoms with Crippen LogP contribution in [0, 0.1) is 0 Å². The molecule has 1 aliphatic rings. The third kappa shape index (κ3) is 1.91. The summed E-state index contributed by atoms with van der Waals surface area (Å²) in [5.74, 6) is -0.204. The molecular weight excluding hydrogens is 146 g/mol. The van der Waals surface area contributed by atoms with Gasteiger partial charge in [0.15, 0.2) is 0 Å². The number of hydrogen-bond acceptors (Lipinski definition) is 3. The summed E-state index contributed by atoms with van der Waals surface area (Å²) in [5.41, 5.74) is 0. The first-order valence-electron chi connectivity index (χ1n) is 3.69. The van der Waals surface area contributed by atoms with E-state index in [4.69, 9.17) is 9.84 Å². The molecule has 0 aromatic heterocycles. The molecule has 1 N–H and O–H groups in total. The van der Waals surface area contributed by atoms with Gasteiger partial charge in [-0.05, 0) is 6.42 Å². The molecule has 1 fully saturated rings. The second kappa shape index (κ2) is 3.69. The summed E-state index contributed by atoms with van der Waals surface area (Å²) in [6.07, 6.45) is 1.04. The van der Waals surface area contributed by atoms with E-state index in [1.165, 1.54) is 0 Å². The molecule has 1 heterocycles. The van der Waals surface area contributed by atoms with Gasteiger partial charge in [-0.15, -0.1) is 0 Å². The van der Waals surface area contributed by atoms with Crippen LogP contribution in [-0.2, 0) is 9.53 Å². The second-order valence-corrected chi connectivity index (χ2v) is 2.64. The molecule has 0 aromatic rings. The number of carbonyl (C=O) groups excluding carboxylic acids is 1. The highest BCUT2D eigenvalue weighted by Crippen LogP contribution is 2.11. The molecule has 0 radical (unpaired) electrons. The standard InChI is InChI=1S/C7H13NO3/c1-11-6-2-3-8(4-6)7(10)5-9/h6,9H,2-5H2,1H3/t6-/m1/s1. The number of hydrogen-bond donors (Lipinski definition) is 1. The molecule has 0 aliphatic carbocycles. The Balaban J connectivity index is 2.35. The summed E-state index contributed by atoms with van der Waals surface area (Å²) < 4.78 is 5.06. The highest BCUT2D eigenvalue weighted by atomic mass is 16.5. The Morgan fingerprint density at radius 2 is 2.55 bits per heavy atom. The fraction of sp³-hybridized carbons (Fsp3) is 0.857. The van der Waals surface area contributed by atoms with Crippen molar-refractivity contribution in [1.82, 2.24) is 4.90 Å². The maximum absolute atomic E-state index is 10.9. The van der Waals surface area contributed by atoms with Gasteiger partial charge in [0.2, 0.25) is 5.91 Å². The molecule has 1 amide bonds. The third-order valence-electron chi connectivity index (χ3n) is 1.97. The molecule has 0 unspecified atom stereocenters. The van der Waals surface area contributed by atoms with Gasteiger partial charge in [-0.3, -0.25) is 4.79 Å². The van der Waals surface area contributed by atoms with Crippen LogP contribution in [0.3, 0.4) is 0 Å². The van der Waals surface area contributed by atoms with E-state index in [9.17, 15) is 4.79 Å². The van der Waals surface area contributed by atoms with E-state index < -0.39 is 6.61 Å². The van der Waals surface area contributed by atoms with E-state index in [0.717, 1.165) is 6.42 Å². The largest absolute Gasteiger partial charge is 0.387 e. The van der Waals surface area contributed by atoms with Crippen molar-refractivity contribution in [2.75, 3.05) is 26.8 Å². The van der Waals surface area contributed by atoms with Crippen LogP contribution in [0.4, 0.5) is 0 Å². The predicted octanol–water partition coefficient (Wildman–Crippen LogP) is -0.774. The van der Waals surface area contributed by atoms with Gasteiger partial charge in [0.1, 0.15) is 6.61 Å². The minimum Gasteiger partial charge on any atom is -0.387 e. The number of methoxy groups -OCH3 is 1. The number of likely N-dealkylation sites (tertiary alicyclic amines) is 1. The topological polar surface area (TPSA) is 49.8 Å². The molecule has 0 aromatic carbocycles. The Labute approximate surface area is 65.8 Å². The summed E-state index contributed by atoms with van der Waals surface area (Å²) in [4.78, 5) is 12.5. The molecule has 0 bridgehead atoms. The Bertz CT molecular complexity index is 149. The summed E-state index contributed by atoms with van der Waals surface area (Å²) in [7, 11) is 1.64. The third-order valence-corrected chi connectivity index (χ3v) is 1.97. The van der Waals surface area contributed by atoms with Crippen molar-refractivity contribution in [3.05, 3.63) is 0 Å². The molecule has 64 valence electrons. The van der Waals surface area contributed by atoms with E-state index in [0.29, 0.717) is 13.1 Å². The fourth-order valence-corrected chi connectivity index (χ4v) is 1.25. The van der Waals surface area contributed by atoms with E-state index >= 15 is 0 Å². The minimum absolute atomic E-state index is 0.158. The zero-order chi connectivity index (χ0) is 8.27. The second-order valence-electron chi connectivity index (χ2n) is 2.64. The fourth-order valence-electron chi connectivity index (χ4n) is 1.25. The van der Waals surface area contributed by atoms with Crippen LogP contribution in [0.2, 0.25) is 0 Å². The average Bonchev–Trinajstić information content (AvgIpc) is 2.50. The summed E-state index contributed by atoms with van der Waals surface area (Å²) in [6, 6.07) is 0. The first-order valence-corrected chi connectivity index (χ1v) is 3.69. The first-order chi connectivity index (χ1) is 5.27. The lowest BCUT2D eigenvalue weighted by Crippen LogP contribution is -2.31. The molecule has 1 aliphatic heterocycles. The van der Waals surface area contributed by atoms with Crippen molar-refractivity contribution in [1.29, 1.82) is 0 Å². The van der Waals surface area contributed by atoms with Gasteiger partial charge in [-0.1, -0.05) is 0 Å². The molecule has 11 heavy (non-hydrogen) atoms. The van der Waals surface area contributed by atoms with Crippen LogP contribution in [0.25, 0.3) is 0 Å². The maximum atomic E-state index is 10.9. The monoisotopic (exact) mass is 159 g/mol. The van der Waals surface area contributed by atoms with Gasteiger partial charge in [0, 0.05) is 20.2 Å². The van der Waals surface area contributed by atoms with Crippen LogP contribution < -0.4 is 0 Å². The van der Waals surface area contributed by atoms with Crippen LogP contribution in [-0.4, -0.2) is 48.8 Å². The lowest BCUT2D eigenvalue weighted by molar-refractivity contribution is -0.133. The molecular formula is C7H13NO3. The summed E-state index contributed by atoms with van der Waals surface area (Å²) in [6.45, 7) is 0.935. The van der Waals surface area contributed by atoms with Gasteiger partial charge < -0.3 is 14.7 Å². The SMILES string of the molecule is CO[C@@H]1CCN(C(=O)CO)C1. The Morgan fingerprint density at radius 3 is 3.00 bits per heavy atom. The van der Waals surface area contributed by atoms with E-state index in [1.807, 2.05) is 0 Å². The van der Waals surface area contributed by atoms with Crippen molar-refractivity contribution in [2.45, 2.75) is 12.5 Å². The molecule has 1 saturated heterocycles. The maximum Gasteiger partial charge on any atom is 0.248 e. The Morgan fingerprint density at radius 1 is 1.82 bits per heavy atom. The van der Waals surface area contributed by atoms with Gasteiger partial charge >= 0.3 is 0 Å². The van der Waals surface area contributed by atoms with E-state index in [-0.39, 0.29) is 12.0 Å². The zero-order valence-corrected chi connectivity index (χ0v) is 6.62. The number of aliphatic hydroxyl groups is 1. The molecule has 0 spiro atoms. The lowest BCUT2D eigenvalue weighted by atomic mass is 10.3. The molecule has 1 atom stereocenters. The molecule has 1 rings (SSSR count). The van der Waals surface area contributed by atoms with Gasteiger partial charge in [0.25, 0.3) is 0 Å². The van der Waals surface area contributed by atoms with Crippen LogP contribution >= 0.6 is 0 Å². The van der Waals surface area contributed by atoms with Crippen molar-refractivity contribution >= 4 is 5.91 Å². The van der Waals surface area contributed by atoms with Crippen LogP contribution in [0.1, 0.15) is 6.42 Å². The Kier molecular flexibility index (Phi) is 2.84. The zero-order valence-electron chi connectivity index (χ0n) is 6.62. The molecule has 0 saturated carbocycles. The summed E-state index contributed by atoms with van der Waals surface area (Å²) >= 11 is 0. The number of aliphatic hydroxyl groups excluding tert-OH is 1. The Hall–Kier alpha value is -0.610. The highest BCUT2D eigenvalue weighted by molar-refractivity contribution is 5.77. The number of amides is 1. The van der Waals surface area contributed by atoms with Gasteiger partial charge in [-0.2, -0.15) is 0 Å².